The van der Waals surface area contributed by atoms with Gasteiger partial charge in [-0.15, -0.1) is 0 Å². The summed E-state index contributed by atoms with van der Waals surface area (Å²) >= 11 is 0. The van der Waals surface area contributed by atoms with Crippen LogP contribution >= 0.6 is 0 Å². The van der Waals surface area contributed by atoms with Crippen LogP contribution in [0.4, 0.5) is 10.2 Å². The number of nitrogens with two attached hydrogens (primary N) is 1. The Bertz CT molecular complexity index is 1770. The molecule has 0 saturated carbocycles. The first-order valence-electron chi connectivity index (χ1n) is 15.1. The molecule has 0 spiro atoms. The maximum Gasteiger partial charge on any atom is 0.264 e. The second-order valence-electron chi connectivity index (χ2n) is 11.9. The molecular weight excluding hydrogens is 573 g/mol. The number of benzene rings is 2. The highest BCUT2D eigenvalue weighted by Crippen LogP contribution is 2.36. The number of piperidine rings is 1. The van der Waals surface area contributed by atoms with Crippen LogP contribution in [0.15, 0.2) is 66.5 Å². The van der Waals surface area contributed by atoms with Crippen molar-refractivity contribution in [2.75, 3.05) is 45.0 Å². The summed E-state index contributed by atoms with van der Waals surface area (Å²) in [5.41, 5.74) is 6.97. The number of aromatic nitrogens is 4. The molecule has 6 rings (SSSR count). The summed E-state index contributed by atoms with van der Waals surface area (Å²) in [5.74, 6) is 0.276. The van der Waals surface area contributed by atoms with Gasteiger partial charge in [0.25, 0.3) is 5.91 Å². The van der Waals surface area contributed by atoms with Gasteiger partial charge < -0.3 is 20.7 Å². The highest BCUT2D eigenvalue weighted by Gasteiger charge is 2.33. The maximum absolute atomic E-state index is 15.6. The van der Waals surface area contributed by atoms with Gasteiger partial charge in [0.1, 0.15) is 46.8 Å². The van der Waals surface area contributed by atoms with Gasteiger partial charge in [-0.05, 0) is 57.0 Å². The van der Waals surface area contributed by atoms with E-state index in [9.17, 15) is 10.1 Å². The lowest BCUT2D eigenvalue weighted by Crippen LogP contribution is -2.53. The number of hydrogen-bond donors (Lipinski definition) is 2. The van der Waals surface area contributed by atoms with Crippen LogP contribution in [0, 0.1) is 17.1 Å². The number of nitrogens with zero attached hydrogens (tertiary/aromatic N) is 7. The van der Waals surface area contributed by atoms with Crippen molar-refractivity contribution in [3.8, 4) is 28.8 Å². The van der Waals surface area contributed by atoms with Gasteiger partial charge in [-0.3, -0.25) is 9.69 Å². The predicted molar refractivity (Wildman–Crippen MR) is 169 cm³/mol. The van der Waals surface area contributed by atoms with Crippen LogP contribution in [0.5, 0.6) is 11.5 Å². The normalized spacial score (nSPS) is 18.1. The van der Waals surface area contributed by atoms with Crippen molar-refractivity contribution in [2.24, 2.45) is 0 Å². The van der Waals surface area contributed by atoms with E-state index in [2.05, 4.69) is 26.3 Å². The number of nitriles is 1. The minimum absolute atomic E-state index is 0.122. The largest absolute Gasteiger partial charge is 0.457 e. The molecule has 12 heteroatoms. The van der Waals surface area contributed by atoms with Crippen LogP contribution in [0.3, 0.4) is 0 Å². The molecule has 4 heterocycles. The Morgan fingerprint density at radius 3 is 2.64 bits per heavy atom. The number of rotatable bonds is 7. The van der Waals surface area contributed by atoms with Gasteiger partial charge in [-0.25, -0.2) is 19.0 Å². The molecule has 1 atom stereocenters. The maximum atomic E-state index is 15.6. The molecule has 45 heavy (non-hydrogen) atoms. The fourth-order valence-electron chi connectivity index (χ4n) is 6.15. The number of ether oxygens (including phenoxy) is 1. The average molecular weight is 610 g/mol. The minimum atomic E-state index is -0.533. The number of nitrogen functional groups attached to an aromatic ring is 1. The van der Waals surface area contributed by atoms with E-state index in [1.54, 1.807) is 39.9 Å². The number of fused-ring (bicyclic) bond motifs is 1. The lowest BCUT2D eigenvalue weighted by molar-refractivity contribution is -0.128. The zero-order chi connectivity index (χ0) is 31.6. The summed E-state index contributed by atoms with van der Waals surface area (Å²) in [7, 11) is 0. The SMILES string of the molecule is CC(C)(/C=C(/C#N)C(=O)N1CCC[C@@H](n2nc(-c3ccc(Oc4ccccc4)cc3F)c3c(N)ncnc32)C1)N1CCNCC1. The third-order valence-corrected chi connectivity index (χ3v) is 8.50. The molecule has 2 saturated heterocycles. The van der Waals surface area contributed by atoms with Gasteiger partial charge in [0.15, 0.2) is 5.65 Å². The van der Waals surface area contributed by atoms with Gasteiger partial charge in [-0.2, -0.15) is 10.4 Å². The van der Waals surface area contributed by atoms with E-state index in [4.69, 9.17) is 15.6 Å². The number of piperazine rings is 1. The second kappa shape index (κ2) is 12.6. The van der Waals surface area contributed by atoms with Crippen LogP contribution in [0.25, 0.3) is 22.3 Å². The zero-order valence-corrected chi connectivity index (χ0v) is 25.4. The predicted octanol–water partition coefficient (Wildman–Crippen LogP) is 4.30. The van der Waals surface area contributed by atoms with Crippen LogP contribution < -0.4 is 15.8 Å². The van der Waals surface area contributed by atoms with E-state index in [-0.39, 0.29) is 28.9 Å². The molecule has 2 aromatic carbocycles. The third-order valence-electron chi connectivity index (χ3n) is 8.50. The van der Waals surface area contributed by atoms with E-state index in [0.717, 1.165) is 26.2 Å². The molecule has 2 aliphatic rings. The molecule has 3 N–H and O–H groups in total. The van der Waals surface area contributed by atoms with Crippen LogP contribution in [0.2, 0.25) is 0 Å². The standard InChI is InChI=1S/C33H36FN9O2/c1-33(2,42-15-12-37-13-16-42)18-22(19-35)32(44)41-14-6-7-23(20-41)43-31-28(30(36)38-21-39-31)29(40-43)26-11-10-25(17-27(26)34)45-24-8-4-3-5-9-24/h3-5,8-11,17-18,21,23,37H,6-7,12-16,20H2,1-2H3,(H2,36,38,39)/b22-18-/t23-/m1/s1. The summed E-state index contributed by atoms with van der Waals surface area (Å²) in [6.07, 6.45) is 4.56. The first-order chi connectivity index (χ1) is 21.7. The van der Waals surface area contributed by atoms with E-state index in [1.165, 1.54) is 12.4 Å². The Hall–Kier alpha value is -4.86. The fourth-order valence-corrected chi connectivity index (χ4v) is 6.15. The van der Waals surface area contributed by atoms with E-state index < -0.39 is 11.4 Å². The number of nitrogens with one attached hydrogen (secondary N) is 1. The van der Waals surface area contributed by atoms with Crippen molar-refractivity contribution in [3.05, 3.63) is 72.3 Å². The van der Waals surface area contributed by atoms with Crippen molar-refractivity contribution >= 4 is 22.8 Å². The van der Waals surface area contributed by atoms with E-state index in [1.807, 2.05) is 32.0 Å². The summed E-state index contributed by atoms with van der Waals surface area (Å²) in [6.45, 7) is 8.30. The number of amides is 1. The van der Waals surface area contributed by atoms with Crippen molar-refractivity contribution in [3.63, 3.8) is 0 Å². The molecule has 1 amide bonds. The first-order valence-corrected chi connectivity index (χ1v) is 15.1. The fraction of sp³-hybridized carbons (Fsp3) is 0.364. The molecule has 232 valence electrons. The lowest BCUT2D eigenvalue weighted by atomic mass is 9.97. The number of para-hydroxylation sites is 1. The van der Waals surface area contributed by atoms with Crippen LogP contribution in [0.1, 0.15) is 32.7 Å². The third kappa shape index (κ3) is 6.22. The molecule has 2 aromatic heterocycles. The van der Waals surface area contributed by atoms with Crippen molar-refractivity contribution in [2.45, 2.75) is 38.3 Å². The smallest absolute Gasteiger partial charge is 0.264 e. The van der Waals surface area contributed by atoms with Crippen molar-refractivity contribution in [1.82, 2.24) is 34.9 Å². The average Bonchev–Trinajstić information content (AvgIpc) is 3.45. The first kappa shape index (κ1) is 30.2. The van der Waals surface area contributed by atoms with E-state index >= 15 is 4.39 Å². The zero-order valence-electron chi connectivity index (χ0n) is 25.4. The molecule has 4 aromatic rings. The summed E-state index contributed by atoms with van der Waals surface area (Å²) in [4.78, 5) is 26.3. The number of anilines is 1. The Kier molecular flexibility index (Phi) is 8.47. The Balaban J connectivity index is 1.28. The Morgan fingerprint density at radius 1 is 1.13 bits per heavy atom. The van der Waals surface area contributed by atoms with Crippen molar-refractivity contribution in [1.29, 1.82) is 5.26 Å². The van der Waals surface area contributed by atoms with Gasteiger partial charge in [-0.1, -0.05) is 18.2 Å². The number of carbonyl (C=O) groups excluding carboxylic acids is 1. The second-order valence-corrected chi connectivity index (χ2v) is 11.9. The van der Waals surface area contributed by atoms with Gasteiger partial charge in [0, 0.05) is 56.4 Å². The minimum Gasteiger partial charge on any atom is -0.457 e. The van der Waals surface area contributed by atoms with Gasteiger partial charge in [0.05, 0.1) is 11.4 Å². The van der Waals surface area contributed by atoms with Gasteiger partial charge >= 0.3 is 0 Å². The molecular formula is C33H36FN9O2. The summed E-state index contributed by atoms with van der Waals surface area (Å²) in [6, 6.07) is 15.6. The molecule has 0 bridgehead atoms. The van der Waals surface area contributed by atoms with Crippen molar-refractivity contribution < 1.29 is 13.9 Å². The number of hydrogen-bond acceptors (Lipinski definition) is 9. The van der Waals surface area contributed by atoms with Crippen LogP contribution in [-0.2, 0) is 4.79 Å². The molecule has 0 unspecified atom stereocenters. The van der Waals surface area contributed by atoms with Gasteiger partial charge in [0.2, 0.25) is 0 Å². The van der Waals surface area contributed by atoms with Crippen LogP contribution in [-0.4, -0.2) is 80.3 Å². The quantitative estimate of drug-likeness (QED) is 0.232. The molecule has 11 nitrogen and oxygen atoms in total. The summed E-state index contributed by atoms with van der Waals surface area (Å²) in [5, 5.41) is 18.6. The molecule has 2 aliphatic heterocycles. The number of likely N-dealkylation sites (tertiary alicyclic amines) is 1. The molecule has 2 fully saturated rings. The Morgan fingerprint density at radius 2 is 1.91 bits per heavy atom. The lowest BCUT2D eigenvalue weighted by Gasteiger charge is -2.39. The Labute approximate surface area is 261 Å². The molecule has 0 aliphatic carbocycles. The highest BCUT2D eigenvalue weighted by atomic mass is 19.1. The molecule has 0 radical (unpaired) electrons. The number of halogens is 1. The topological polar surface area (TPSA) is 138 Å². The number of carbonyl (C=O) groups is 1. The summed E-state index contributed by atoms with van der Waals surface area (Å²) < 4.78 is 23.1. The monoisotopic (exact) mass is 609 g/mol. The highest BCUT2D eigenvalue weighted by molar-refractivity contribution is 5.99. The van der Waals surface area contributed by atoms with E-state index in [0.29, 0.717) is 54.2 Å².